The van der Waals surface area contributed by atoms with Crippen LogP contribution in [0.25, 0.3) is 5.65 Å². The standard InChI is InChI=1S/C12H10ClN5O2/c13-8-1-2-11-14-10(5-17(11)4-8)7-18-6-9(15-16-18)3-12(19)20/h1-2,4-6H,3,7H2,(H,19,20). The second-order valence-corrected chi connectivity index (χ2v) is 4.76. The fourth-order valence-electron chi connectivity index (χ4n) is 1.91. The summed E-state index contributed by atoms with van der Waals surface area (Å²) in [6.45, 7) is 0.423. The predicted molar refractivity (Wildman–Crippen MR) is 70.7 cm³/mol. The number of fused-ring (bicyclic) bond motifs is 1. The molecule has 0 unspecified atom stereocenters. The van der Waals surface area contributed by atoms with Crippen molar-refractivity contribution in [1.82, 2.24) is 24.4 Å². The quantitative estimate of drug-likeness (QED) is 0.782. The fourth-order valence-corrected chi connectivity index (χ4v) is 2.08. The number of hydrogen-bond donors (Lipinski definition) is 1. The van der Waals surface area contributed by atoms with Crippen molar-refractivity contribution in [3.05, 3.63) is 47.1 Å². The number of carboxylic acids is 1. The number of aliphatic carboxylic acids is 1. The molecule has 0 bridgehead atoms. The van der Waals surface area contributed by atoms with E-state index in [0.717, 1.165) is 11.3 Å². The van der Waals surface area contributed by atoms with Gasteiger partial charge in [-0.25, -0.2) is 9.67 Å². The van der Waals surface area contributed by atoms with Gasteiger partial charge in [-0.3, -0.25) is 4.79 Å². The van der Waals surface area contributed by atoms with Gasteiger partial charge in [0.1, 0.15) is 5.65 Å². The summed E-state index contributed by atoms with van der Waals surface area (Å²) >= 11 is 5.91. The Morgan fingerprint density at radius 2 is 2.10 bits per heavy atom. The van der Waals surface area contributed by atoms with Gasteiger partial charge in [-0.1, -0.05) is 16.8 Å². The third-order valence-electron chi connectivity index (χ3n) is 2.71. The van der Waals surface area contributed by atoms with Crippen LogP contribution in [0.2, 0.25) is 5.02 Å². The molecule has 102 valence electrons. The van der Waals surface area contributed by atoms with E-state index in [9.17, 15) is 4.79 Å². The number of imidazole rings is 1. The van der Waals surface area contributed by atoms with Gasteiger partial charge in [-0.15, -0.1) is 5.10 Å². The van der Waals surface area contributed by atoms with Crippen molar-refractivity contribution in [3.63, 3.8) is 0 Å². The minimum atomic E-state index is -0.931. The molecule has 3 aromatic heterocycles. The molecule has 0 atom stereocenters. The smallest absolute Gasteiger partial charge is 0.309 e. The van der Waals surface area contributed by atoms with Crippen LogP contribution in [0, 0.1) is 0 Å². The van der Waals surface area contributed by atoms with E-state index in [1.54, 1.807) is 23.1 Å². The zero-order chi connectivity index (χ0) is 14.1. The molecule has 0 spiro atoms. The summed E-state index contributed by atoms with van der Waals surface area (Å²) in [7, 11) is 0. The molecule has 0 aliphatic rings. The number of carbonyl (C=O) groups is 1. The van der Waals surface area contributed by atoms with Crippen molar-refractivity contribution in [2.75, 3.05) is 0 Å². The van der Waals surface area contributed by atoms with E-state index in [4.69, 9.17) is 16.7 Å². The van der Waals surface area contributed by atoms with Gasteiger partial charge in [-0.05, 0) is 12.1 Å². The van der Waals surface area contributed by atoms with Gasteiger partial charge in [0.05, 0.1) is 29.4 Å². The van der Waals surface area contributed by atoms with E-state index in [0.29, 0.717) is 17.3 Å². The second kappa shape index (κ2) is 4.93. The number of rotatable bonds is 4. The predicted octanol–water partition coefficient (Wildman–Crippen LogP) is 1.25. The van der Waals surface area contributed by atoms with E-state index in [2.05, 4.69) is 15.3 Å². The Labute approximate surface area is 118 Å². The molecule has 0 aliphatic heterocycles. The third kappa shape index (κ3) is 2.62. The van der Waals surface area contributed by atoms with E-state index in [-0.39, 0.29) is 6.42 Å². The number of nitrogens with zero attached hydrogens (tertiary/aromatic N) is 5. The van der Waals surface area contributed by atoms with Crippen molar-refractivity contribution in [2.24, 2.45) is 0 Å². The highest BCUT2D eigenvalue weighted by Gasteiger charge is 2.08. The van der Waals surface area contributed by atoms with Crippen molar-refractivity contribution < 1.29 is 9.90 Å². The fraction of sp³-hybridized carbons (Fsp3) is 0.167. The molecule has 0 saturated carbocycles. The first-order chi connectivity index (χ1) is 9.60. The molecule has 0 fully saturated rings. The van der Waals surface area contributed by atoms with Crippen molar-refractivity contribution in [1.29, 1.82) is 0 Å². The Bertz CT molecular complexity index is 779. The molecule has 0 aromatic carbocycles. The molecule has 0 amide bonds. The van der Waals surface area contributed by atoms with Gasteiger partial charge in [0.2, 0.25) is 0 Å². The Hall–Kier alpha value is -2.41. The third-order valence-corrected chi connectivity index (χ3v) is 2.93. The summed E-state index contributed by atoms with van der Waals surface area (Å²) < 4.78 is 3.38. The molecule has 3 heterocycles. The Balaban J connectivity index is 1.81. The molecule has 8 heteroatoms. The van der Waals surface area contributed by atoms with Gasteiger partial charge in [-0.2, -0.15) is 0 Å². The Kier molecular flexibility index (Phi) is 3.11. The van der Waals surface area contributed by atoms with Crippen LogP contribution in [-0.4, -0.2) is 35.5 Å². The van der Waals surface area contributed by atoms with Gasteiger partial charge >= 0.3 is 5.97 Å². The highest BCUT2D eigenvalue weighted by molar-refractivity contribution is 6.30. The van der Waals surface area contributed by atoms with Crippen LogP contribution in [0.4, 0.5) is 0 Å². The van der Waals surface area contributed by atoms with Crippen LogP contribution >= 0.6 is 11.6 Å². The average Bonchev–Trinajstić information content (AvgIpc) is 2.95. The minimum absolute atomic E-state index is 0.138. The van der Waals surface area contributed by atoms with E-state index in [1.165, 1.54) is 0 Å². The lowest BCUT2D eigenvalue weighted by atomic mass is 10.3. The molecular weight excluding hydrogens is 282 g/mol. The molecule has 1 N–H and O–H groups in total. The monoisotopic (exact) mass is 291 g/mol. The summed E-state index contributed by atoms with van der Waals surface area (Å²) in [5.41, 5.74) is 2.00. The van der Waals surface area contributed by atoms with Crippen molar-refractivity contribution >= 4 is 23.2 Å². The first-order valence-electron chi connectivity index (χ1n) is 5.84. The zero-order valence-electron chi connectivity index (χ0n) is 10.3. The van der Waals surface area contributed by atoms with E-state index < -0.39 is 5.97 Å². The van der Waals surface area contributed by atoms with Crippen LogP contribution in [0.15, 0.2) is 30.7 Å². The molecule has 0 saturated heterocycles. The number of carboxylic acid groups (broad SMARTS) is 1. The topological polar surface area (TPSA) is 85.3 Å². The van der Waals surface area contributed by atoms with Crippen LogP contribution < -0.4 is 0 Å². The van der Waals surface area contributed by atoms with Crippen LogP contribution in [0.1, 0.15) is 11.4 Å². The molecule has 7 nitrogen and oxygen atoms in total. The number of halogens is 1. The van der Waals surface area contributed by atoms with Gasteiger partial charge in [0.15, 0.2) is 0 Å². The lowest BCUT2D eigenvalue weighted by Crippen LogP contribution is -2.01. The molecule has 0 aliphatic carbocycles. The molecule has 3 aromatic rings. The highest BCUT2D eigenvalue weighted by atomic mass is 35.5. The lowest BCUT2D eigenvalue weighted by Gasteiger charge is -1.94. The lowest BCUT2D eigenvalue weighted by molar-refractivity contribution is -0.136. The Morgan fingerprint density at radius 3 is 2.90 bits per heavy atom. The van der Waals surface area contributed by atoms with Crippen LogP contribution in [0.3, 0.4) is 0 Å². The maximum Gasteiger partial charge on any atom is 0.309 e. The summed E-state index contributed by atoms with van der Waals surface area (Å²) in [4.78, 5) is 15.0. The summed E-state index contributed by atoms with van der Waals surface area (Å²) in [5, 5.41) is 17.0. The largest absolute Gasteiger partial charge is 0.481 e. The van der Waals surface area contributed by atoms with Gasteiger partial charge < -0.3 is 9.51 Å². The van der Waals surface area contributed by atoms with Crippen molar-refractivity contribution in [2.45, 2.75) is 13.0 Å². The zero-order valence-corrected chi connectivity index (χ0v) is 11.0. The van der Waals surface area contributed by atoms with Crippen molar-refractivity contribution in [3.8, 4) is 0 Å². The average molecular weight is 292 g/mol. The van der Waals surface area contributed by atoms with E-state index >= 15 is 0 Å². The second-order valence-electron chi connectivity index (χ2n) is 4.32. The first kappa shape index (κ1) is 12.6. The van der Waals surface area contributed by atoms with Crippen LogP contribution in [-0.2, 0) is 17.8 Å². The summed E-state index contributed by atoms with van der Waals surface area (Å²) in [5.74, 6) is -0.931. The van der Waals surface area contributed by atoms with E-state index in [1.807, 2.05) is 16.7 Å². The van der Waals surface area contributed by atoms with Crippen LogP contribution in [0.5, 0.6) is 0 Å². The minimum Gasteiger partial charge on any atom is -0.481 e. The SMILES string of the molecule is O=C(O)Cc1cn(Cc2cn3cc(Cl)ccc3n2)nn1. The highest BCUT2D eigenvalue weighted by Crippen LogP contribution is 2.12. The Morgan fingerprint density at radius 1 is 1.25 bits per heavy atom. The first-order valence-corrected chi connectivity index (χ1v) is 6.22. The number of aromatic nitrogens is 5. The maximum atomic E-state index is 10.6. The van der Waals surface area contributed by atoms with Gasteiger partial charge in [0, 0.05) is 18.6 Å². The molecule has 20 heavy (non-hydrogen) atoms. The normalized spacial score (nSPS) is 11.1. The molecule has 3 rings (SSSR count). The molecular formula is C12H10ClN5O2. The van der Waals surface area contributed by atoms with Gasteiger partial charge in [0.25, 0.3) is 0 Å². The summed E-state index contributed by atoms with van der Waals surface area (Å²) in [6.07, 6.45) is 5.08. The number of pyridine rings is 1. The maximum absolute atomic E-state index is 10.6. The number of hydrogen-bond acceptors (Lipinski definition) is 4. The molecule has 0 radical (unpaired) electrons. The summed E-state index contributed by atoms with van der Waals surface area (Å²) in [6, 6.07) is 3.59.